The lowest BCUT2D eigenvalue weighted by atomic mass is 10.0. The summed E-state index contributed by atoms with van der Waals surface area (Å²) >= 11 is 0. The van der Waals surface area contributed by atoms with Gasteiger partial charge in [0.15, 0.2) is 0 Å². The van der Waals surface area contributed by atoms with Crippen LogP contribution < -0.4 is 10.1 Å². The number of carbonyl (C=O) groups is 2. The predicted molar refractivity (Wildman–Crippen MR) is 81.4 cm³/mol. The molecule has 6 nitrogen and oxygen atoms in total. The summed E-state index contributed by atoms with van der Waals surface area (Å²) in [4.78, 5) is 28.2. The summed E-state index contributed by atoms with van der Waals surface area (Å²) in [7, 11) is 1.66. The highest BCUT2D eigenvalue weighted by atomic mass is 16.5. The van der Waals surface area contributed by atoms with Gasteiger partial charge in [0, 0.05) is 31.7 Å². The fraction of sp³-hybridized carbons (Fsp3) is 0.500. The van der Waals surface area contributed by atoms with Gasteiger partial charge in [0.1, 0.15) is 17.8 Å². The molecular formula is C16H21N3O3. The number of methoxy groups -OCH3 is 1. The molecule has 2 fully saturated rings. The maximum absolute atomic E-state index is 12.1. The second kappa shape index (κ2) is 5.96. The molecule has 2 aliphatic heterocycles. The van der Waals surface area contributed by atoms with Crippen molar-refractivity contribution in [3.63, 3.8) is 0 Å². The first-order chi connectivity index (χ1) is 10.6. The van der Waals surface area contributed by atoms with Gasteiger partial charge in [-0.15, -0.1) is 0 Å². The van der Waals surface area contributed by atoms with E-state index in [1.54, 1.807) is 18.9 Å². The first-order valence-corrected chi connectivity index (χ1v) is 7.55. The number of hydrogen-bond acceptors (Lipinski definition) is 4. The van der Waals surface area contributed by atoms with Gasteiger partial charge in [0.25, 0.3) is 0 Å². The van der Waals surface area contributed by atoms with E-state index >= 15 is 0 Å². The normalized spacial score (nSPS) is 25.6. The lowest BCUT2D eigenvalue weighted by Gasteiger charge is -2.44. The van der Waals surface area contributed by atoms with Crippen molar-refractivity contribution in [2.45, 2.75) is 25.6 Å². The smallest absolute Gasteiger partial charge is 0.245 e. The molecule has 2 heterocycles. The van der Waals surface area contributed by atoms with Crippen LogP contribution in [0.3, 0.4) is 0 Å². The standard InChI is InChI=1S/C16H21N3O3/c1-11-16(21)19-8-7-18(10-13(19)15(20)17-11)9-12-5-3-4-6-14(12)22-2/h3-6,11,13H,7-10H2,1-2H3,(H,17,20)/t11-,13+/m0/s1. The van der Waals surface area contributed by atoms with Gasteiger partial charge in [-0.2, -0.15) is 0 Å². The molecular weight excluding hydrogens is 282 g/mol. The molecule has 0 bridgehead atoms. The Kier molecular flexibility index (Phi) is 4.02. The topological polar surface area (TPSA) is 61.9 Å². The molecule has 0 unspecified atom stereocenters. The zero-order valence-corrected chi connectivity index (χ0v) is 12.9. The van der Waals surface area contributed by atoms with Gasteiger partial charge >= 0.3 is 0 Å². The number of carbonyl (C=O) groups excluding carboxylic acids is 2. The zero-order chi connectivity index (χ0) is 15.7. The Bertz CT molecular complexity index is 590. The fourth-order valence-electron chi connectivity index (χ4n) is 3.17. The van der Waals surface area contributed by atoms with E-state index in [4.69, 9.17) is 4.74 Å². The summed E-state index contributed by atoms with van der Waals surface area (Å²) in [5, 5.41) is 2.75. The van der Waals surface area contributed by atoms with E-state index in [-0.39, 0.29) is 17.9 Å². The number of benzene rings is 1. The number of piperazine rings is 2. The molecule has 1 aromatic rings. The van der Waals surface area contributed by atoms with Crippen LogP contribution in [0, 0.1) is 0 Å². The third kappa shape index (κ3) is 2.66. The monoisotopic (exact) mass is 303 g/mol. The summed E-state index contributed by atoms with van der Waals surface area (Å²) in [5.41, 5.74) is 1.09. The molecule has 2 atom stereocenters. The van der Waals surface area contributed by atoms with E-state index in [1.807, 2.05) is 24.3 Å². The van der Waals surface area contributed by atoms with Crippen molar-refractivity contribution >= 4 is 11.8 Å². The molecule has 3 rings (SSSR count). The van der Waals surface area contributed by atoms with Crippen LogP contribution in [0.4, 0.5) is 0 Å². The highest BCUT2D eigenvalue weighted by Crippen LogP contribution is 2.22. The van der Waals surface area contributed by atoms with Gasteiger partial charge in [-0.3, -0.25) is 14.5 Å². The number of nitrogens with zero attached hydrogens (tertiary/aromatic N) is 2. The van der Waals surface area contributed by atoms with Crippen molar-refractivity contribution in [2.24, 2.45) is 0 Å². The quantitative estimate of drug-likeness (QED) is 0.868. The lowest BCUT2D eigenvalue weighted by Crippen LogP contribution is -2.68. The number of hydrogen-bond donors (Lipinski definition) is 1. The molecule has 0 aliphatic carbocycles. The maximum Gasteiger partial charge on any atom is 0.245 e. The number of ether oxygens (including phenoxy) is 1. The molecule has 2 amide bonds. The van der Waals surface area contributed by atoms with Gasteiger partial charge < -0.3 is 15.0 Å². The van der Waals surface area contributed by atoms with Gasteiger partial charge in [0.2, 0.25) is 11.8 Å². The third-order valence-corrected chi connectivity index (χ3v) is 4.37. The average molecular weight is 303 g/mol. The average Bonchev–Trinajstić information content (AvgIpc) is 2.53. The Hall–Kier alpha value is -2.08. The van der Waals surface area contributed by atoms with E-state index in [1.165, 1.54) is 0 Å². The maximum atomic E-state index is 12.1. The Balaban J connectivity index is 1.71. The molecule has 118 valence electrons. The second-order valence-corrected chi connectivity index (χ2v) is 5.82. The van der Waals surface area contributed by atoms with Crippen molar-refractivity contribution in [3.05, 3.63) is 29.8 Å². The van der Waals surface area contributed by atoms with Crippen LogP contribution >= 0.6 is 0 Å². The van der Waals surface area contributed by atoms with E-state index in [0.29, 0.717) is 19.6 Å². The van der Waals surface area contributed by atoms with Crippen molar-refractivity contribution in [1.29, 1.82) is 0 Å². The van der Waals surface area contributed by atoms with Gasteiger partial charge in [0.05, 0.1) is 7.11 Å². The molecule has 6 heteroatoms. The van der Waals surface area contributed by atoms with Crippen LogP contribution in [-0.4, -0.2) is 60.4 Å². The summed E-state index contributed by atoms with van der Waals surface area (Å²) < 4.78 is 5.38. The van der Waals surface area contributed by atoms with Crippen molar-refractivity contribution in [3.8, 4) is 5.75 Å². The van der Waals surface area contributed by atoms with Gasteiger partial charge in [-0.05, 0) is 13.0 Å². The van der Waals surface area contributed by atoms with E-state index in [2.05, 4.69) is 10.2 Å². The predicted octanol–water partition coefficient (Wildman–Crippen LogP) is 0.226. The Labute approximate surface area is 130 Å². The molecule has 22 heavy (non-hydrogen) atoms. The summed E-state index contributed by atoms with van der Waals surface area (Å²) in [6, 6.07) is 7.09. The SMILES string of the molecule is COc1ccccc1CN1CCN2C(=O)[C@H](C)NC(=O)[C@H]2C1. The molecule has 1 N–H and O–H groups in total. The van der Waals surface area contributed by atoms with Crippen LogP contribution in [0.1, 0.15) is 12.5 Å². The summed E-state index contributed by atoms with van der Waals surface area (Å²) in [6.07, 6.45) is 0. The number of fused-ring (bicyclic) bond motifs is 1. The zero-order valence-electron chi connectivity index (χ0n) is 12.9. The number of para-hydroxylation sites is 1. The minimum Gasteiger partial charge on any atom is -0.496 e. The summed E-state index contributed by atoms with van der Waals surface area (Å²) in [5.74, 6) is 0.807. The minimum atomic E-state index is -0.412. The van der Waals surface area contributed by atoms with E-state index in [0.717, 1.165) is 17.9 Å². The number of amides is 2. The Morgan fingerprint density at radius 1 is 1.27 bits per heavy atom. The first-order valence-electron chi connectivity index (χ1n) is 7.55. The number of rotatable bonds is 3. The Morgan fingerprint density at radius 3 is 2.82 bits per heavy atom. The molecule has 2 saturated heterocycles. The van der Waals surface area contributed by atoms with Crippen molar-refractivity contribution < 1.29 is 14.3 Å². The van der Waals surface area contributed by atoms with E-state index in [9.17, 15) is 9.59 Å². The second-order valence-electron chi connectivity index (χ2n) is 5.82. The molecule has 2 aliphatic rings. The van der Waals surface area contributed by atoms with Crippen LogP contribution in [0.5, 0.6) is 5.75 Å². The summed E-state index contributed by atoms with van der Waals surface area (Å²) in [6.45, 7) is 4.36. The van der Waals surface area contributed by atoms with Crippen LogP contribution in [0.2, 0.25) is 0 Å². The number of nitrogens with one attached hydrogen (secondary N) is 1. The highest BCUT2D eigenvalue weighted by Gasteiger charge is 2.41. The third-order valence-electron chi connectivity index (χ3n) is 4.37. The Morgan fingerprint density at radius 2 is 2.05 bits per heavy atom. The van der Waals surface area contributed by atoms with Gasteiger partial charge in [-0.25, -0.2) is 0 Å². The fourth-order valence-corrected chi connectivity index (χ4v) is 3.17. The highest BCUT2D eigenvalue weighted by molar-refractivity contribution is 5.97. The van der Waals surface area contributed by atoms with Crippen molar-refractivity contribution in [1.82, 2.24) is 15.1 Å². The molecule has 0 saturated carbocycles. The minimum absolute atomic E-state index is 0.0153. The first kappa shape index (κ1) is 14.8. The molecule has 1 aromatic carbocycles. The van der Waals surface area contributed by atoms with Crippen LogP contribution in [-0.2, 0) is 16.1 Å². The van der Waals surface area contributed by atoms with Gasteiger partial charge in [-0.1, -0.05) is 18.2 Å². The van der Waals surface area contributed by atoms with Crippen LogP contribution in [0.15, 0.2) is 24.3 Å². The van der Waals surface area contributed by atoms with Crippen molar-refractivity contribution in [2.75, 3.05) is 26.7 Å². The molecule has 0 aromatic heterocycles. The van der Waals surface area contributed by atoms with E-state index < -0.39 is 6.04 Å². The lowest BCUT2D eigenvalue weighted by molar-refractivity contribution is -0.152. The molecule has 0 spiro atoms. The van der Waals surface area contributed by atoms with Crippen LogP contribution in [0.25, 0.3) is 0 Å². The largest absolute Gasteiger partial charge is 0.496 e. The molecule has 0 radical (unpaired) electrons.